The van der Waals surface area contributed by atoms with Crippen LogP contribution in [0.15, 0.2) is 60.7 Å². The van der Waals surface area contributed by atoms with Gasteiger partial charge in [0.15, 0.2) is 0 Å². The molecule has 4 nitrogen and oxygen atoms in total. The van der Waals surface area contributed by atoms with Gasteiger partial charge in [0.25, 0.3) is 0 Å². The molecular weight excluding hydrogens is 424 g/mol. The molecular formula is C30H38O4. The molecule has 0 aliphatic heterocycles. The standard InChI is InChI=1S/C30H38O4/c1-27(2)25(34-19-23-13-9-6-10-14-23)15-16-29-20-28(3,26(31)32-4)24(29)17-30(27,29)21-33-18-22-11-7-5-8-12-22/h5-14,24-25H,15-21H2,1-4H3/t24-,25+,28-,29+,30+/m0/s1. The van der Waals surface area contributed by atoms with E-state index >= 15 is 0 Å². The zero-order valence-electron chi connectivity index (χ0n) is 21.0. The minimum atomic E-state index is -0.370. The van der Waals surface area contributed by atoms with Crippen molar-refractivity contribution in [1.82, 2.24) is 0 Å². The average molecular weight is 463 g/mol. The van der Waals surface area contributed by atoms with Crippen LogP contribution in [0.25, 0.3) is 0 Å². The number of carbonyl (C=O) groups is 1. The minimum Gasteiger partial charge on any atom is -0.469 e. The Kier molecular flexibility index (Phi) is 5.89. The Balaban J connectivity index is 1.38. The summed E-state index contributed by atoms with van der Waals surface area (Å²) in [5.74, 6) is 0.310. The zero-order valence-corrected chi connectivity index (χ0v) is 21.0. The summed E-state index contributed by atoms with van der Waals surface area (Å²) in [6.45, 7) is 8.80. The molecule has 2 aromatic rings. The van der Waals surface area contributed by atoms with Crippen LogP contribution in [-0.2, 0) is 32.2 Å². The Hall–Kier alpha value is -2.17. The summed E-state index contributed by atoms with van der Waals surface area (Å²) in [4.78, 5) is 12.7. The lowest BCUT2D eigenvalue weighted by Gasteiger charge is -2.83. The van der Waals surface area contributed by atoms with Gasteiger partial charge in [-0.15, -0.1) is 0 Å². The number of carbonyl (C=O) groups excluding carboxylic acids is 1. The Bertz CT molecular complexity index is 1020. The third-order valence-electron chi connectivity index (χ3n) is 9.92. The van der Waals surface area contributed by atoms with E-state index in [0.717, 1.165) is 25.7 Å². The highest BCUT2D eigenvalue weighted by molar-refractivity contribution is 5.79. The lowest BCUT2D eigenvalue weighted by atomic mass is 9.21. The molecule has 0 N–H and O–H groups in total. The first-order valence-corrected chi connectivity index (χ1v) is 12.6. The fourth-order valence-corrected chi connectivity index (χ4v) is 8.00. The summed E-state index contributed by atoms with van der Waals surface area (Å²) >= 11 is 0. The zero-order chi connectivity index (χ0) is 24.0. The Labute approximate surface area is 204 Å². The molecule has 0 bridgehead atoms. The van der Waals surface area contributed by atoms with Crippen molar-refractivity contribution in [2.75, 3.05) is 13.7 Å². The van der Waals surface area contributed by atoms with E-state index in [1.54, 1.807) is 0 Å². The quantitative estimate of drug-likeness (QED) is 0.439. The van der Waals surface area contributed by atoms with Crippen molar-refractivity contribution < 1.29 is 19.0 Å². The van der Waals surface area contributed by atoms with E-state index in [4.69, 9.17) is 14.2 Å². The van der Waals surface area contributed by atoms with Crippen molar-refractivity contribution in [2.24, 2.45) is 27.6 Å². The van der Waals surface area contributed by atoms with Crippen LogP contribution in [0.3, 0.4) is 0 Å². The van der Waals surface area contributed by atoms with E-state index in [1.165, 1.54) is 18.2 Å². The number of methoxy groups -OCH3 is 1. The molecule has 5 atom stereocenters. The second-order valence-electron chi connectivity index (χ2n) is 11.6. The molecule has 0 radical (unpaired) electrons. The number of rotatable bonds is 8. The second-order valence-corrected chi connectivity index (χ2v) is 11.6. The van der Waals surface area contributed by atoms with Gasteiger partial charge in [-0.2, -0.15) is 0 Å². The van der Waals surface area contributed by atoms with Crippen molar-refractivity contribution in [3.8, 4) is 0 Å². The Morgan fingerprint density at radius 1 is 0.941 bits per heavy atom. The van der Waals surface area contributed by atoms with Crippen LogP contribution in [0.2, 0.25) is 0 Å². The van der Waals surface area contributed by atoms with Gasteiger partial charge in [0.05, 0.1) is 38.4 Å². The largest absolute Gasteiger partial charge is 0.469 e. The maximum Gasteiger partial charge on any atom is 0.311 e. The highest BCUT2D eigenvalue weighted by Crippen LogP contribution is 2.85. The number of hydrogen-bond donors (Lipinski definition) is 0. The first-order chi connectivity index (χ1) is 16.3. The molecule has 3 fully saturated rings. The van der Waals surface area contributed by atoms with Gasteiger partial charge >= 0.3 is 5.97 Å². The normalized spacial score (nSPS) is 35.3. The maximum atomic E-state index is 12.7. The van der Waals surface area contributed by atoms with Crippen molar-refractivity contribution in [1.29, 1.82) is 0 Å². The Morgan fingerprint density at radius 3 is 2.15 bits per heavy atom. The summed E-state index contributed by atoms with van der Waals surface area (Å²) in [6.07, 6.45) is 4.15. The van der Waals surface area contributed by atoms with Gasteiger partial charge < -0.3 is 14.2 Å². The second kappa shape index (κ2) is 8.49. The SMILES string of the molecule is COC(=O)[C@@]1(C)C[C@@]23CC[C@@H](OCc4ccccc4)C(C)(C)[C@]2(COCc2ccccc2)C[C@H]31. The van der Waals surface area contributed by atoms with E-state index in [2.05, 4.69) is 69.3 Å². The molecule has 0 aromatic heterocycles. The summed E-state index contributed by atoms with van der Waals surface area (Å²) in [5, 5.41) is 0. The third kappa shape index (κ3) is 3.29. The van der Waals surface area contributed by atoms with Crippen LogP contribution in [0, 0.1) is 27.6 Å². The molecule has 2 aromatic carbocycles. The predicted octanol–water partition coefficient (Wildman–Crippen LogP) is 6.18. The van der Waals surface area contributed by atoms with Gasteiger partial charge in [-0.3, -0.25) is 4.79 Å². The fourth-order valence-electron chi connectivity index (χ4n) is 8.00. The lowest BCUT2D eigenvalue weighted by Crippen LogP contribution is -2.81. The molecule has 182 valence electrons. The number of ether oxygens (including phenoxy) is 3. The third-order valence-corrected chi connectivity index (χ3v) is 9.92. The van der Waals surface area contributed by atoms with Crippen molar-refractivity contribution in [2.45, 2.75) is 65.8 Å². The summed E-state index contributed by atoms with van der Waals surface area (Å²) in [5.41, 5.74) is 2.09. The van der Waals surface area contributed by atoms with Crippen LogP contribution >= 0.6 is 0 Å². The maximum absolute atomic E-state index is 12.7. The van der Waals surface area contributed by atoms with E-state index in [9.17, 15) is 4.79 Å². The number of benzene rings is 2. The summed E-state index contributed by atoms with van der Waals surface area (Å²) in [6, 6.07) is 20.8. The molecule has 0 saturated heterocycles. The van der Waals surface area contributed by atoms with Crippen LogP contribution in [0.4, 0.5) is 0 Å². The van der Waals surface area contributed by atoms with E-state index in [1.807, 2.05) is 12.1 Å². The molecule has 0 unspecified atom stereocenters. The highest BCUT2D eigenvalue weighted by Gasteiger charge is 2.83. The minimum absolute atomic E-state index is 0.00736. The smallest absolute Gasteiger partial charge is 0.311 e. The van der Waals surface area contributed by atoms with Gasteiger partial charge in [-0.05, 0) is 60.5 Å². The lowest BCUT2D eigenvalue weighted by molar-refractivity contribution is -0.374. The topological polar surface area (TPSA) is 44.8 Å². The molecule has 0 amide bonds. The molecule has 3 aliphatic rings. The van der Waals surface area contributed by atoms with Gasteiger partial charge in [0, 0.05) is 5.41 Å². The highest BCUT2D eigenvalue weighted by atomic mass is 16.5. The molecule has 0 heterocycles. The molecule has 5 rings (SSSR count). The van der Waals surface area contributed by atoms with E-state index in [0.29, 0.717) is 25.7 Å². The molecule has 34 heavy (non-hydrogen) atoms. The number of hydrogen-bond acceptors (Lipinski definition) is 4. The summed E-state index contributed by atoms with van der Waals surface area (Å²) in [7, 11) is 1.52. The molecule has 1 spiro atoms. The van der Waals surface area contributed by atoms with E-state index in [-0.39, 0.29) is 33.7 Å². The molecule has 4 heteroatoms. The number of esters is 1. The van der Waals surface area contributed by atoms with Gasteiger partial charge in [0.1, 0.15) is 0 Å². The van der Waals surface area contributed by atoms with Crippen LogP contribution < -0.4 is 0 Å². The van der Waals surface area contributed by atoms with Crippen LogP contribution in [0.1, 0.15) is 57.6 Å². The van der Waals surface area contributed by atoms with Crippen LogP contribution in [0.5, 0.6) is 0 Å². The van der Waals surface area contributed by atoms with Crippen LogP contribution in [-0.4, -0.2) is 25.8 Å². The summed E-state index contributed by atoms with van der Waals surface area (Å²) < 4.78 is 18.3. The monoisotopic (exact) mass is 462 g/mol. The molecule has 3 saturated carbocycles. The van der Waals surface area contributed by atoms with Gasteiger partial charge in [-0.25, -0.2) is 0 Å². The van der Waals surface area contributed by atoms with Gasteiger partial charge in [-0.1, -0.05) is 74.5 Å². The van der Waals surface area contributed by atoms with Gasteiger partial charge in [0.2, 0.25) is 0 Å². The molecule has 3 aliphatic carbocycles. The van der Waals surface area contributed by atoms with Crippen molar-refractivity contribution in [3.63, 3.8) is 0 Å². The van der Waals surface area contributed by atoms with Crippen molar-refractivity contribution in [3.05, 3.63) is 71.8 Å². The fraction of sp³-hybridized carbons (Fsp3) is 0.567. The first kappa shape index (κ1) is 23.6. The van der Waals surface area contributed by atoms with Crippen molar-refractivity contribution >= 4 is 5.97 Å². The first-order valence-electron chi connectivity index (χ1n) is 12.6. The predicted molar refractivity (Wildman–Crippen MR) is 132 cm³/mol. The van der Waals surface area contributed by atoms with E-state index < -0.39 is 0 Å². The Morgan fingerprint density at radius 2 is 1.56 bits per heavy atom. The average Bonchev–Trinajstić information content (AvgIpc) is 2.84.